The first-order valence-corrected chi connectivity index (χ1v) is 9.47. The van der Waals surface area contributed by atoms with Gasteiger partial charge in [-0.2, -0.15) is 0 Å². The molecule has 2 fully saturated rings. The molecule has 1 N–H and O–H groups in total. The number of carbonyl (C=O) groups is 2. The van der Waals surface area contributed by atoms with Crippen LogP contribution < -0.4 is 0 Å². The molecule has 7 heteroatoms. The Morgan fingerprint density at radius 1 is 1.32 bits per heavy atom. The third-order valence-corrected chi connectivity index (χ3v) is 5.83. The molecule has 0 unspecified atom stereocenters. The average molecular weight is 391 g/mol. The summed E-state index contributed by atoms with van der Waals surface area (Å²) in [7, 11) is 1.25. The Hall–Kier alpha value is -1.96. The van der Waals surface area contributed by atoms with E-state index in [1.807, 2.05) is 51.1 Å². The van der Waals surface area contributed by atoms with E-state index >= 15 is 0 Å². The summed E-state index contributed by atoms with van der Waals surface area (Å²) in [6.07, 6.45) is -0.648. The molecule has 0 bridgehead atoms. The summed E-state index contributed by atoms with van der Waals surface area (Å²) in [4.78, 5) is 27.4. The number of fused-ring (bicyclic) bond motifs is 1. The van der Waals surface area contributed by atoms with Crippen LogP contribution in [-0.4, -0.2) is 59.6 Å². The fourth-order valence-corrected chi connectivity index (χ4v) is 4.24. The smallest absolute Gasteiger partial charge is 0.337 e. The highest BCUT2D eigenvalue weighted by molar-refractivity contribution is 5.96. The largest absolute Gasteiger partial charge is 0.467 e. The lowest BCUT2D eigenvalue weighted by Gasteiger charge is -2.41. The maximum Gasteiger partial charge on any atom is 0.337 e. The number of methoxy groups -OCH3 is 1. The molecule has 154 valence electrons. The van der Waals surface area contributed by atoms with E-state index in [1.54, 1.807) is 6.92 Å². The zero-order valence-electron chi connectivity index (χ0n) is 17.1. The average Bonchev–Trinajstić information content (AvgIpc) is 3.14. The van der Waals surface area contributed by atoms with Crippen LogP contribution in [0.4, 0.5) is 0 Å². The second-order valence-corrected chi connectivity index (χ2v) is 8.71. The number of amides is 1. The van der Waals surface area contributed by atoms with Gasteiger partial charge in [0.05, 0.1) is 32.8 Å². The van der Waals surface area contributed by atoms with E-state index in [-0.39, 0.29) is 25.7 Å². The van der Waals surface area contributed by atoms with Gasteiger partial charge in [0.2, 0.25) is 5.91 Å². The molecule has 2 aliphatic rings. The highest BCUT2D eigenvalue weighted by Gasteiger charge is 2.76. The van der Waals surface area contributed by atoms with Gasteiger partial charge >= 0.3 is 5.97 Å². The molecule has 4 atom stereocenters. The number of benzene rings is 1. The molecule has 1 aromatic carbocycles. The van der Waals surface area contributed by atoms with Crippen LogP contribution in [0.2, 0.25) is 0 Å². The number of hydrogen-bond donors (Lipinski definition) is 1. The van der Waals surface area contributed by atoms with Crippen LogP contribution in [0.3, 0.4) is 0 Å². The Morgan fingerprint density at radius 3 is 2.54 bits per heavy atom. The molecule has 2 aliphatic heterocycles. The molecule has 0 radical (unpaired) electrons. The second-order valence-electron chi connectivity index (χ2n) is 8.71. The van der Waals surface area contributed by atoms with Crippen molar-refractivity contribution in [3.8, 4) is 0 Å². The maximum atomic E-state index is 13.1. The Bertz CT molecular complexity index is 745. The molecule has 1 aromatic rings. The van der Waals surface area contributed by atoms with Crippen molar-refractivity contribution in [2.75, 3.05) is 20.3 Å². The summed E-state index contributed by atoms with van der Waals surface area (Å²) in [5, 5.41) is 11.6. The zero-order valence-corrected chi connectivity index (χ0v) is 17.1. The summed E-state index contributed by atoms with van der Waals surface area (Å²) in [6, 6.07) is 9.51. The fourth-order valence-electron chi connectivity index (χ4n) is 4.24. The summed E-state index contributed by atoms with van der Waals surface area (Å²) >= 11 is 0. The summed E-state index contributed by atoms with van der Waals surface area (Å²) < 4.78 is 16.7. The van der Waals surface area contributed by atoms with Crippen molar-refractivity contribution < 1.29 is 28.9 Å². The summed E-state index contributed by atoms with van der Waals surface area (Å²) in [6.45, 7) is 7.32. The highest BCUT2D eigenvalue weighted by Crippen LogP contribution is 2.52. The summed E-state index contributed by atoms with van der Waals surface area (Å²) in [5.74, 6) is -1.87. The van der Waals surface area contributed by atoms with Crippen LogP contribution in [0, 0.1) is 11.3 Å². The number of carbonyl (C=O) groups excluding carboxylic acids is 2. The lowest BCUT2D eigenvalue weighted by molar-refractivity contribution is -0.176. The molecule has 0 spiro atoms. The van der Waals surface area contributed by atoms with Crippen molar-refractivity contribution in [1.82, 2.24) is 4.90 Å². The number of rotatable bonds is 5. The van der Waals surface area contributed by atoms with Gasteiger partial charge in [0, 0.05) is 5.41 Å². The lowest BCUT2D eigenvalue weighted by atomic mass is 9.76. The lowest BCUT2D eigenvalue weighted by Crippen LogP contribution is -2.67. The molecule has 7 nitrogen and oxygen atoms in total. The van der Waals surface area contributed by atoms with E-state index in [9.17, 15) is 14.7 Å². The Kier molecular flexibility index (Phi) is 5.29. The molecule has 1 amide bonds. The number of hydrogen-bond acceptors (Lipinski definition) is 6. The van der Waals surface area contributed by atoms with E-state index < -0.39 is 34.7 Å². The van der Waals surface area contributed by atoms with Crippen molar-refractivity contribution in [3.63, 3.8) is 0 Å². The Balaban J connectivity index is 1.94. The third kappa shape index (κ3) is 2.93. The number of esters is 1. The first-order valence-electron chi connectivity index (χ1n) is 9.47. The van der Waals surface area contributed by atoms with Gasteiger partial charge < -0.3 is 19.3 Å². The van der Waals surface area contributed by atoms with E-state index in [0.29, 0.717) is 0 Å². The van der Waals surface area contributed by atoms with Crippen molar-refractivity contribution in [1.29, 1.82) is 0 Å². The van der Waals surface area contributed by atoms with Crippen molar-refractivity contribution in [2.45, 2.75) is 51.7 Å². The molecule has 0 aromatic heterocycles. The van der Waals surface area contributed by atoms with Gasteiger partial charge in [-0.15, -0.1) is 0 Å². The number of ether oxygens (including phenoxy) is 3. The molecule has 2 saturated heterocycles. The predicted octanol–water partition coefficient (Wildman–Crippen LogP) is 1.73. The van der Waals surface area contributed by atoms with Crippen LogP contribution >= 0.6 is 0 Å². The van der Waals surface area contributed by atoms with Gasteiger partial charge in [0.15, 0.2) is 5.54 Å². The molecule has 2 heterocycles. The molecule has 28 heavy (non-hydrogen) atoms. The van der Waals surface area contributed by atoms with Gasteiger partial charge in [-0.25, -0.2) is 4.79 Å². The van der Waals surface area contributed by atoms with Gasteiger partial charge in [0.25, 0.3) is 0 Å². The van der Waals surface area contributed by atoms with E-state index in [2.05, 4.69) is 0 Å². The standard InChI is InChI=1S/C21H29NO6/c1-14-16(23)22-17(19(2,3)4)28-12-20(22,18(24)26-5)21(14,25)13-27-11-15-9-7-6-8-10-15/h6-10,14,17,25H,11-13H2,1-5H3/t14-,17+,20-,21+/m0/s1. The van der Waals surface area contributed by atoms with Gasteiger partial charge in [-0.05, 0) is 5.56 Å². The van der Waals surface area contributed by atoms with Crippen LogP contribution in [0.1, 0.15) is 33.3 Å². The van der Waals surface area contributed by atoms with Gasteiger partial charge in [-0.1, -0.05) is 58.0 Å². The quantitative estimate of drug-likeness (QED) is 0.770. The van der Waals surface area contributed by atoms with Crippen LogP contribution in [0.15, 0.2) is 30.3 Å². The second kappa shape index (κ2) is 7.13. The molecule has 0 saturated carbocycles. The monoisotopic (exact) mass is 391 g/mol. The molecular formula is C21H29NO6. The van der Waals surface area contributed by atoms with E-state index in [0.717, 1.165) is 5.56 Å². The van der Waals surface area contributed by atoms with E-state index in [1.165, 1.54) is 12.0 Å². The Labute approximate surface area is 165 Å². The number of aliphatic hydroxyl groups is 1. The fraction of sp³-hybridized carbons (Fsp3) is 0.619. The third-order valence-electron chi connectivity index (χ3n) is 5.83. The highest BCUT2D eigenvalue weighted by atomic mass is 16.6. The Morgan fingerprint density at radius 2 is 1.96 bits per heavy atom. The van der Waals surface area contributed by atoms with Crippen LogP contribution in [-0.2, 0) is 30.4 Å². The predicted molar refractivity (Wildman–Crippen MR) is 101 cm³/mol. The molecule has 3 rings (SSSR count). The maximum absolute atomic E-state index is 13.1. The normalized spacial score (nSPS) is 32.5. The first kappa shape index (κ1) is 20.8. The minimum Gasteiger partial charge on any atom is -0.467 e. The first-order chi connectivity index (χ1) is 13.1. The van der Waals surface area contributed by atoms with Gasteiger partial charge in [0.1, 0.15) is 11.8 Å². The minimum absolute atomic E-state index is 0.136. The van der Waals surface area contributed by atoms with Gasteiger partial charge in [-0.3, -0.25) is 9.69 Å². The van der Waals surface area contributed by atoms with Crippen LogP contribution in [0.5, 0.6) is 0 Å². The summed E-state index contributed by atoms with van der Waals surface area (Å²) in [5.41, 5.74) is -2.91. The van der Waals surface area contributed by atoms with E-state index in [4.69, 9.17) is 14.2 Å². The number of nitrogens with zero attached hydrogens (tertiary/aromatic N) is 1. The SMILES string of the molecule is COC(=O)[C@]12CO[C@H](C(C)(C)C)N1C(=O)[C@H](C)[C@]2(O)COCc1ccccc1. The molecular weight excluding hydrogens is 362 g/mol. The van der Waals surface area contributed by atoms with Crippen molar-refractivity contribution in [3.05, 3.63) is 35.9 Å². The molecule has 0 aliphatic carbocycles. The minimum atomic E-state index is -1.77. The topological polar surface area (TPSA) is 85.3 Å². The van der Waals surface area contributed by atoms with Crippen molar-refractivity contribution in [2.24, 2.45) is 11.3 Å². The van der Waals surface area contributed by atoms with Crippen LogP contribution in [0.25, 0.3) is 0 Å². The van der Waals surface area contributed by atoms with Crippen molar-refractivity contribution >= 4 is 11.9 Å². The zero-order chi connectivity index (χ0) is 20.7.